The Morgan fingerprint density at radius 1 is 0.818 bits per heavy atom. The summed E-state index contributed by atoms with van der Waals surface area (Å²) in [5, 5.41) is 9.91. The van der Waals surface area contributed by atoms with Gasteiger partial charge in [0.25, 0.3) is 5.91 Å². The Balaban J connectivity index is 1.24. The lowest BCUT2D eigenvalue weighted by molar-refractivity contribution is -0.120. The van der Waals surface area contributed by atoms with E-state index in [0.29, 0.717) is 25.9 Å². The summed E-state index contributed by atoms with van der Waals surface area (Å²) in [6.07, 6.45) is 1.22. The highest BCUT2D eigenvalue weighted by Crippen LogP contribution is 2.27. The van der Waals surface area contributed by atoms with Crippen molar-refractivity contribution < 1.29 is 14.4 Å². The van der Waals surface area contributed by atoms with Crippen molar-refractivity contribution in [2.45, 2.75) is 12.8 Å². The molecule has 4 rings (SSSR count). The number of hydrogen-bond donors (Lipinski definition) is 2. The fourth-order valence-electron chi connectivity index (χ4n) is 3.61. The molecule has 1 aliphatic heterocycles. The lowest BCUT2D eigenvalue weighted by Gasteiger charge is -2.27. The third-order valence-corrected chi connectivity index (χ3v) is 5.33. The molecule has 7 nitrogen and oxygen atoms in total. The summed E-state index contributed by atoms with van der Waals surface area (Å²) in [5.41, 5.74) is 4.31. The molecule has 3 aromatic rings. The van der Waals surface area contributed by atoms with E-state index in [2.05, 4.69) is 15.8 Å². The first-order valence-electron chi connectivity index (χ1n) is 10.9. The Morgan fingerprint density at radius 2 is 1.45 bits per heavy atom. The van der Waals surface area contributed by atoms with E-state index < -0.39 is 0 Å². The minimum absolute atomic E-state index is 0.127. The highest BCUT2D eigenvalue weighted by Gasteiger charge is 2.20. The summed E-state index contributed by atoms with van der Waals surface area (Å²) < 4.78 is 0. The predicted molar refractivity (Wildman–Crippen MR) is 130 cm³/mol. The number of carbonyl (C=O) groups is 2. The van der Waals surface area contributed by atoms with Crippen LogP contribution in [0.2, 0.25) is 0 Å². The predicted octanol–water partition coefficient (Wildman–Crippen LogP) is 4.99. The molecule has 7 heteroatoms. The molecule has 1 aliphatic rings. The van der Waals surface area contributed by atoms with Crippen LogP contribution in [0.15, 0.2) is 90.1 Å². The van der Waals surface area contributed by atoms with E-state index in [9.17, 15) is 9.59 Å². The molecule has 168 valence electrons. The molecule has 1 fully saturated rings. The molecular formula is C26H26N4O3. The van der Waals surface area contributed by atoms with Crippen LogP contribution >= 0.6 is 0 Å². The molecule has 1 heterocycles. The van der Waals surface area contributed by atoms with E-state index in [-0.39, 0.29) is 18.5 Å². The number of para-hydroxylation sites is 2. The van der Waals surface area contributed by atoms with Crippen molar-refractivity contribution >= 4 is 29.0 Å². The van der Waals surface area contributed by atoms with Gasteiger partial charge < -0.3 is 20.4 Å². The number of carbonyl (C=O) groups excluding carboxylic acids is 2. The fourth-order valence-corrected chi connectivity index (χ4v) is 3.61. The molecule has 0 bridgehead atoms. The maximum absolute atomic E-state index is 12.4. The van der Waals surface area contributed by atoms with Crippen molar-refractivity contribution in [1.29, 1.82) is 0 Å². The van der Waals surface area contributed by atoms with Gasteiger partial charge in [-0.05, 0) is 23.8 Å². The number of hydrogen-bond acceptors (Lipinski definition) is 4. The first kappa shape index (κ1) is 22.1. The maximum atomic E-state index is 12.4. The van der Waals surface area contributed by atoms with Crippen LogP contribution in [-0.2, 0) is 9.63 Å². The minimum Gasteiger partial charge on any atom is -0.386 e. The number of urea groups is 1. The Labute approximate surface area is 193 Å². The second-order valence-electron chi connectivity index (χ2n) is 7.67. The zero-order valence-corrected chi connectivity index (χ0v) is 18.2. The van der Waals surface area contributed by atoms with Crippen molar-refractivity contribution in [1.82, 2.24) is 4.90 Å². The zero-order chi connectivity index (χ0) is 22.9. The lowest BCUT2D eigenvalue weighted by atomic mass is 10.0. The normalized spacial score (nSPS) is 13.2. The molecule has 1 saturated heterocycles. The number of rotatable bonds is 6. The van der Waals surface area contributed by atoms with Crippen LogP contribution in [0.1, 0.15) is 12.8 Å². The number of benzene rings is 3. The molecule has 3 aromatic carbocycles. The number of anilines is 2. The van der Waals surface area contributed by atoms with Crippen LogP contribution in [0.4, 0.5) is 16.2 Å². The topological polar surface area (TPSA) is 83.0 Å². The van der Waals surface area contributed by atoms with Gasteiger partial charge in [-0.3, -0.25) is 4.79 Å². The highest BCUT2D eigenvalue weighted by molar-refractivity contribution is 5.96. The van der Waals surface area contributed by atoms with Gasteiger partial charge in [-0.1, -0.05) is 71.9 Å². The van der Waals surface area contributed by atoms with E-state index in [1.165, 1.54) is 0 Å². The largest absolute Gasteiger partial charge is 0.386 e. The summed E-state index contributed by atoms with van der Waals surface area (Å²) >= 11 is 0. The minimum atomic E-state index is -0.276. The van der Waals surface area contributed by atoms with E-state index in [0.717, 1.165) is 28.2 Å². The van der Waals surface area contributed by atoms with Crippen LogP contribution in [-0.4, -0.2) is 42.2 Å². The highest BCUT2D eigenvalue weighted by atomic mass is 16.6. The van der Waals surface area contributed by atoms with Crippen molar-refractivity contribution in [2.24, 2.45) is 5.16 Å². The van der Waals surface area contributed by atoms with E-state index in [1.807, 2.05) is 84.9 Å². The SMILES string of the molecule is O=C(CON=C1CCN(C(=O)Nc2ccccc2)CC1)Nc1ccccc1-c1ccccc1. The number of likely N-dealkylation sites (tertiary alicyclic amines) is 1. The van der Waals surface area contributed by atoms with E-state index in [4.69, 9.17) is 4.84 Å². The van der Waals surface area contributed by atoms with Crippen molar-refractivity contribution in [3.63, 3.8) is 0 Å². The second kappa shape index (κ2) is 10.9. The zero-order valence-electron chi connectivity index (χ0n) is 18.2. The average Bonchev–Trinajstić information content (AvgIpc) is 2.86. The molecule has 0 saturated carbocycles. The molecule has 0 radical (unpaired) electrons. The third-order valence-electron chi connectivity index (χ3n) is 5.33. The number of piperidine rings is 1. The van der Waals surface area contributed by atoms with Gasteiger partial charge in [-0.25, -0.2) is 4.79 Å². The first-order valence-corrected chi connectivity index (χ1v) is 10.9. The monoisotopic (exact) mass is 442 g/mol. The summed E-state index contributed by atoms with van der Waals surface area (Å²) in [4.78, 5) is 31.8. The molecule has 33 heavy (non-hydrogen) atoms. The van der Waals surface area contributed by atoms with Crippen LogP contribution in [0.25, 0.3) is 11.1 Å². The van der Waals surface area contributed by atoms with Crippen LogP contribution < -0.4 is 10.6 Å². The molecule has 0 unspecified atom stereocenters. The van der Waals surface area contributed by atoms with Crippen LogP contribution in [0, 0.1) is 0 Å². The van der Waals surface area contributed by atoms with Crippen LogP contribution in [0.3, 0.4) is 0 Å². The van der Waals surface area contributed by atoms with Gasteiger partial charge in [0.1, 0.15) is 0 Å². The Morgan fingerprint density at radius 3 is 2.18 bits per heavy atom. The van der Waals surface area contributed by atoms with Crippen molar-refractivity contribution in [2.75, 3.05) is 30.3 Å². The quantitative estimate of drug-likeness (QED) is 0.528. The van der Waals surface area contributed by atoms with E-state index in [1.54, 1.807) is 4.90 Å². The molecule has 2 N–H and O–H groups in total. The maximum Gasteiger partial charge on any atom is 0.321 e. The first-order chi connectivity index (χ1) is 16.2. The molecule has 0 atom stereocenters. The second-order valence-corrected chi connectivity index (χ2v) is 7.67. The molecular weight excluding hydrogens is 416 g/mol. The molecule has 0 aliphatic carbocycles. The molecule has 0 aromatic heterocycles. The number of nitrogens with zero attached hydrogens (tertiary/aromatic N) is 2. The number of oxime groups is 1. The third kappa shape index (κ3) is 6.20. The van der Waals surface area contributed by atoms with Gasteiger partial charge in [0.05, 0.1) is 5.71 Å². The summed E-state index contributed by atoms with van der Waals surface area (Å²) in [7, 11) is 0. The van der Waals surface area contributed by atoms with Crippen LogP contribution in [0.5, 0.6) is 0 Å². The summed E-state index contributed by atoms with van der Waals surface area (Å²) in [5.74, 6) is -0.276. The lowest BCUT2D eigenvalue weighted by Crippen LogP contribution is -2.41. The molecule has 3 amide bonds. The number of amides is 3. The van der Waals surface area contributed by atoms with Gasteiger partial charge >= 0.3 is 6.03 Å². The van der Waals surface area contributed by atoms with E-state index >= 15 is 0 Å². The van der Waals surface area contributed by atoms with Gasteiger partial charge in [0, 0.05) is 42.9 Å². The number of nitrogens with one attached hydrogen (secondary N) is 2. The fraction of sp³-hybridized carbons (Fsp3) is 0.192. The summed E-state index contributed by atoms with van der Waals surface area (Å²) in [6.45, 7) is 0.930. The standard InChI is InChI=1S/C26H26N4O3/c31-25(28-24-14-8-7-13-23(24)20-9-3-1-4-10-20)19-33-29-22-15-17-30(18-16-22)26(32)27-21-11-5-2-6-12-21/h1-14H,15-19H2,(H,27,32)(H,28,31). The Kier molecular flexibility index (Phi) is 7.33. The van der Waals surface area contributed by atoms with Gasteiger partial charge in [-0.15, -0.1) is 0 Å². The van der Waals surface area contributed by atoms with Gasteiger partial charge in [0.15, 0.2) is 6.61 Å². The van der Waals surface area contributed by atoms with Crippen molar-refractivity contribution in [3.8, 4) is 11.1 Å². The summed E-state index contributed by atoms with van der Waals surface area (Å²) in [6, 6.07) is 26.8. The van der Waals surface area contributed by atoms with Gasteiger partial charge in [0.2, 0.25) is 0 Å². The Hall–Kier alpha value is -4.13. The average molecular weight is 443 g/mol. The van der Waals surface area contributed by atoms with Crippen molar-refractivity contribution in [3.05, 3.63) is 84.9 Å². The van der Waals surface area contributed by atoms with Gasteiger partial charge in [-0.2, -0.15) is 0 Å². The Bertz CT molecular complexity index is 1110. The smallest absolute Gasteiger partial charge is 0.321 e. The molecule has 0 spiro atoms.